The third kappa shape index (κ3) is 3.34. The van der Waals surface area contributed by atoms with Crippen molar-refractivity contribution in [1.82, 2.24) is 0 Å². The third-order valence-corrected chi connectivity index (χ3v) is 3.18. The average molecular weight is 214 g/mol. The first-order valence-electron chi connectivity index (χ1n) is 6.08. The Morgan fingerprint density at radius 2 is 2.00 bits per heavy atom. The lowest BCUT2D eigenvalue weighted by Gasteiger charge is -2.16. The Balaban J connectivity index is 1.95. The summed E-state index contributed by atoms with van der Waals surface area (Å²) in [4.78, 5) is 11.2. The molecule has 0 saturated carbocycles. The topological polar surface area (TPSA) is 17.1 Å². The number of hydrogen-bond acceptors (Lipinski definition) is 1. The molecule has 1 aromatic rings. The van der Waals surface area contributed by atoms with E-state index in [1.807, 2.05) is 0 Å². The summed E-state index contributed by atoms with van der Waals surface area (Å²) in [6.07, 6.45) is 8.93. The fraction of sp³-hybridized carbons (Fsp3) is 0.400. The van der Waals surface area contributed by atoms with E-state index < -0.39 is 0 Å². The Morgan fingerprint density at radius 1 is 1.19 bits per heavy atom. The molecule has 0 aromatic heterocycles. The van der Waals surface area contributed by atoms with E-state index in [0.29, 0.717) is 5.92 Å². The van der Waals surface area contributed by atoms with Crippen LogP contribution in [0.5, 0.6) is 0 Å². The zero-order valence-corrected chi connectivity index (χ0v) is 9.56. The first kappa shape index (κ1) is 11.1. The standard InChI is InChI=1S/C15H18O/c16-15-10-4-8-14(9-5-11-15)12-13-6-2-1-3-7-13/h1-4,6-7,10,14H,5,8-9,11-12H2. The molecule has 0 aliphatic heterocycles. The van der Waals surface area contributed by atoms with E-state index in [4.69, 9.17) is 0 Å². The molecule has 0 heterocycles. The van der Waals surface area contributed by atoms with E-state index in [-0.39, 0.29) is 5.78 Å². The summed E-state index contributed by atoms with van der Waals surface area (Å²) >= 11 is 0. The first-order chi connectivity index (χ1) is 7.84. The molecule has 1 atom stereocenters. The molecule has 0 spiro atoms. The highest BCUT2D eigenvalue weighted by Crippen LogP contribution is 2.21. The molecule has 1 unspecified atom stereocenters. The molecule has 0 saturated heterocycles. The predicted octanol–water partition coefficient (Wildman–Crippen LogP) is 3.54. The largest absolute Gasteiger partial charge is 0.295 e. The van der Waals surface area contributed by atoms with Crippen LogP contribution in [-0.4, -0.2) is 5.78 Å². The second-order valence-electron chi connectivity index (χ2n) is 4.55. The van der Waals surface area contributed by atoms with E-state index in [1.165, 1.54) is 12.0 Å². The summed E-state index contributed by atoms with van der Waals surface area (Å²) in [5.41, 5.74) is 1.41. The maximum Gasteiger partial charge on any atom is 0.155 e. The van der Waals surface area contributed by atoms with Gasteiger partial charge in [-0.25, -0.2) is 0 Å². The van der Waals surface area contributed by atoms with E-state index >= 15 is 0 Å². The highest BCUT2D eigenvalue weighted by molar-refractivity contribution is 5.89. The number of hydrogen-bond donors (Lipinski definition) is 0. The summed E-state index contributed by atoms with van der Waals surface area (Å²) in [7, 11) is 0. The number of rotatable bonds is 2. The van der Waals surface area contributed by atoms with Gasteiger partial charge in [0.25, 0.3) is 0 Å². The van der Waals surface area contributed by atoms with Crippen molar-refractivity contribution < 1.29 is 4.79 Å². The number of benzene rings is 1. The van der Waals surface area contributed by atoms with Gasteiger partial charge >= 0.3 is 0 Å². The lowest BCUT2D eigenvalue weighted by molar-refractivity contribution is -0.114. The van der Waals surface area contributed by atoms with Gasteiger partial charge in [0.05, 0.1) is 0 Å². The summed E-state index contributed by atoms with van der Waals surface area (Å²) in [5, 5.41) is 0. The first-order valence-corrected chi connectivity index (χ1v) is 6.08. The summed E-state index contributed by atoms with van der Waals surface area (Å²) in [6.45, 7) is 0. The molecule has 2 rings (SSSR count). The van der Waals surface area contributed by atoms with Gasteiger partial charge in [-0.05, 0) is 43.2 Å². The van der Waals surface area contributed by atoms with Gasteiger partial charge in [0, 0.05) is 6.42 Å². The highest BCUT2D eigenvalue weighted by Gasteiger charge is 2.11. The van der Waals surface area contributed by atoms with Crippen molar-refractivity contribution >= 4 is 5.78 Å². The van der Waals surface area contributed by atoms with Crippen LogP contribution in [0.1, 0.15) is 31.2 Å². The minimum absolute atomic E-state index is 0.290. The van der Waals surface area contributed by atoms with Crippen LogP contribution < -0.4 is 0 Å². The van der Waals surface area contributed by atoms with Gasteiger partial charge in [0.15, 0.2) is 5.78 Å². The van der Waals surface area contributed by atoms with Crippen LogP contribution in [0.4, 0.5) is 0 Å². The van der Waals surface area contributed by atoms with Crippen molar-refractivity contribution in [3.8, 4) is 0 Å². The van der Waals surface area contributed by atoms with E-state index in [1.54, 1.807) is 6.08 Å². The zero-order valence-electron chi connectivity index (χ0n) is 9.56. The highest BCUT2D eigenvalue weighted by atomic mass is 16.1. The van der Waals surface area contributed by atoms with Gasteiger partial charge < -0.3 is 0 Å². The molecule has 84 valence electrons. The Hall–Kier alpha value is -1.37. The van der Waals surface area contributed by atoms with Crippen LogP contribution in [0.2, 0.25) is 0 Å². The predicted molar refractivity (Wildman–Crippen MR) is 66.3 cm³/mol. The van der Waals surface area contributed by atoms with E-state index in [2.05, 4.69) is 36.4 Å². The summed E-state index contributed by atoms with van der Waals surface area (Å²) < 4.78 is 0. The van der Waals surface area contributed by atoms with Gasteiger partial charge in [-0.15, -0.1) is 0 Å². The molecule has 0 amide bonds. The van der Waals surface area contributed by atoms with Gasteiger partial charge in [-0.2, -0.15) is 0 Å². The fourth-order valence-corrected chi connectivity index (χ4v) is 2.29. The van der Waals surface area contributed by atoms with Crippen molar-refractivity contribution in [2.45, 2.75) is 32.1 Å². The molecule has 1 aromatic carbocycles. The molecule has 1 aliphatic carbocycles. The minimum atomic E-state index is 0.290. The van der Waals surface area contributed by atoms with Crippen LogP contribution in [0.25, 0.3) is 0 Å². The fourth-order valence-electron chi connectivity index (χ4n) is 2.29. The van der Waals surface area contributed by atoms with Crippen molar-refractivity contribution in [1.29, 1.82) is 0 Å². The molecule has 0 fully saturated rings. The van der Waals surface area contributed by atoms with E-state index in [0.717, 1.165) is 25.7 Å². The molecule has 1 nitrogen and oxygen atoms in total. The lowest BCUT2D eigenvalue weighted by atomic mass is 9.89. The number of carbonyl (C=O) groups excluding carboxylic acids is 1. The van der Waals surface area contributed by atoms with Gasteiger partial charge in [0.1, 0.15) is 0 Å². The van der Waals surface area contributed by atoms with Crippen molar-refractivity contribution in [3.05, 3.63) is 48.0 Å². The summed E-state index contributed by atoms with van der Waals surface area (Å²) in [6, 6.07) is 10.6. The van der Waals surface area contributed by atoms with Crippen LogP contribution in [0, 0.1) is 5.92 Å². The smallest absolute Gasteiger partial charge is 0.155 e. The SMILES string of the molecule is O=C1C=CCC(Cc2ccccc2)CCC1. The Morgan fingerprint density at radius 3 is 2.81 bits per heavy atom. The Kier molecular flexibility index (Phi) is 3.92. The van der Waals surface area contributed by atoms with Gasteiger partial charge in [-0.3, -0.25) is 4.79 Å². The summed E-state index contributed by atoms with van der Waals surface area (Å²) in [5.74, 6) is 0.991. The van der Waals surface area contributed by atoms with Crippen molar-refractivity contribution in [3.63, 3.8) is 0 Å². The van der Waals surface area contributed by atoms with Crippen LogP contribution in [-0.2, 0) is 11.2 Å². The lowest BCUT2D eigenvalue weighted by Crippen LogP contribution is -2.07. The van der Waals surface area contributed by atoms with Gasteiger partial charge in [-0.1, -0.05) is 36.4 Å². The second kappa shape index (κ2) is 5.64. The Labute approximate surface area is 97.2 Å². The van der Waals surface area contributed by atoms with E-state index in [9.17, 15) is 4.79 Å². The average Bonchev–Trinajstić information content (AvgIpc) is 2.27. The quantitative estimate of drug-likeness (QED) is 0.736. The maximum atomic E-state index is 11.2. The molecule has 16 heavy (non-hydrogen) atoms. The molecule has 1 heteroatoms. The van der Waals surface area contributed by atoms with Gasteiger partial charge in [0.2, 0.25) is 0 Å². The third-order valence-electron chi connectivity index (χ3n) is 3.18. The second-order valence-corrected chi connectivity index (χ2v) is 4.55. The molecule has 0 bridgehead atoms. The molecule has 0 radical (unpaired) electrons. The molecular formula is C15H18O. The normalized spacial score (nSPS) is 21.5. The molecule has 1 aliphatic rings. The molecular weight excluding hydrogens is 196 g/mol. The number of carbonyl (C=O) groups is 1. The monoisotopic (exact) mass is 214 g/mol. The van der Waals surface area contributed by atoms with Crippen molar-refractivity contribution in [2.75, 3.05) is 0 Å². The zero-order chi connectivity index (χ0) is 11.2. The van der Waals surface area contributed by atoms with Crippen LogP contribution in [0.3, 0.4) is 0 Å². The maximum absolute atomic E-state index is 11.2. The number of allylic oxidation sites excluding steroid dienone is 2. The van der Waals surface area contributed by atoms with Crippen molar-refractivity contribution in [2.24, 2.45) is 5.92 Å². The minimum Gasteiger partial charge on any atom is -0.295 e. The number of ketones is 1. The molecule has 0 N–H and O–H groups in total. The van der Waals surface area contributed by atoms with Crippen LogP contribution in [0.15, 0.2) is 42.5 Å². The van der Waals surface area contributed by atoms with Crippen LogP contribution >= 0.6 is 0 Å². The Bertz CT molecular complexity index is 364.